The normalized spacial score (nSPS) is 14.6. The highest BCUT2D eigenvalue weighted by Crippen LogP contribution is 2.16. The van der Waals surface area contributed by atoms with Crippen molar-refractivity contribution in [3.63, 3.8) is 0 Å². The molecule has 3 N–H and O–H groups in total. The molecule has 1 aromatic heterocycles. The molecule has 9 heteroatoms. The number of hydrogen-bond donors (Lipinski definition) is 3. The number of urea groups is 1. The summed E-state index contributed by atoms with van der Waals surface area (Å²) in [6.07, 6.45) is 3.05. The summed E-state index contributed by atoms with van der Waals surface area (Å²) in [5.74, 6) is 0.783. The molecule has 1 fully saturated rings. The second-order valence-corrected chi connectivity index (χ2v) is 8.54. The van der Waals surface area contributed by atoms with E-state index in [1.165, 1.54) is 11.3 Å². The average Bonchev–Trinajstić information content (AvgIpc) is 3.38. The molecule has 1 atom stereocenters. The molecule has 0 aliphatic carbocycles. The Labute approximate surface area is 214 Å². The maximum atomic E-state index is 12.4. The zero-order valence-corrected chi connectivity index (χ0v) is 22.8. The largest absolute Gasteiger partial charge is 0.357 e. The van der Waals surface area contributed by atoms with Crippen LogP contribution in [0.3, 0.4) is 0 Å². The van der Waals surface area contributed by atoms with Gasteiger partial charge < -0.3 is 20.9 Å². The quantitative estimate of drug-likeness (QED) is 0.269. The van der Waals surface area contributed by atoms with E-state index in [9.17, 15) is 4.79 Å². The van der Waals surface area contributed by atoms with Crippen LogP contribution in [0.15, 0.2) is 29.3 Å². The molecule has 8 nitrogen and oxygen atoms in total. The van der Waals surface area contributed by atoms with Gasteiger partial charge in [-0.25, -0.2) is 9.79 Å². The minimum atomic E-state index is -0.0204. The second-order valence-electron chi connectivity index (χ2n) is 8.54. The van der Waals surface area contributed by atoms with Gasteiger partial charge in [0.25, 0.3) is 0 Å². The van der Waals surface area contributed by atoms with Crippen LogP contribution in [0.4, 0.5) is 10.5 Å². The van der Waals surface area contributed by atoms with E-state index >= 15 is 0 Å². The molecule has 1 aromatic carbocycles. The molecule has 0 spiro atoms. The lowest BCUT2D eigenvalue weighted by molar-refractivity contribution is 0.222. The van der Waals surface area contributed by atoms with Gasteiger partial charge in [-0.15, -0.1) is 24.0 Å². The Kier molecular flexibility index (Phi) is 10.5. The molecule has 182 valence electrons. The Morgan fingerprint density at radius 2 is 1.97 bits per heavy atom. The molecule has 0 radical (unpaired) electrons. The van der Waals surface area contributed by atoms with Gasteiger partial charge in [-0.3, -0.25) is 4.68 Å². The van der Waals surface area contributed by atoms with Crippen LogP contribution < -0.4 is 16.0 Å². The van der Waals surface area contributed by atoms with E-state index in [1.54, 1.807) is 0 Å². The molecule has 0 bridgehead atoms. The van der Waals surface area contributed by atoms with Gasteiger partial charge in [-0.05, 0) is 70.2 Å². The molecule has 1 aliphatic heterocycles. The minimum Gasteiger partial charge on any atom is -0.357 e. The Bertz CT molecular complexity index is 950. The minimum absolute atomic E-state index is 0. The number of anilines is 1. The van der Waals surface area contributed by atoms with Crippen LogP contribution in [0.1, 0.15) is 49.2 Å². The average molecular weight is 568 g/mol. The van der Waals surface area contributed by atoms with Crippen LogP contribution in [-0.4, -0.2) is 52.3 Å². The van der Waals surface area contributed by atoms with E-state index in [2.05, 4.69) is 48.7 Å². The number of amides is 2. The maximum absolute atomic E-state index is 12.4. The zero-order chi connectivity index (χ0) is 23.1. The number of rotatable bonds is 7. The third-order valence-corrected chi connectivity index (χ3v) is 5.89. The standard InChI is InChI=1S/C24H37N7O.HI/c1-6-25-23(27-17(2)14-22-18(3)29-30(5)19(22)4)26-16-20-10-9-11-21(15-20)28-24(32)31-12-7-8-13-31;/h9-11,15,17H,6-8,12-14,16H2,1-5H3,(H,28,32)(H2,25,26,27);1H. The second kappa shape index (κ2) is 12.8. The molecule has 1 aliphatic rings. The fraction of sp³-hybridized carbons (Fsp3) is 0.542. The van der Waals surface area contributed by atoms with Gasteiger partial charge >= 0.3 is 6.03 Å². The van der Waals surface area contributed by atoms with Crippen molar-refractivity contribution in [2.75, 3.05) is 25.0 Å². The fourth-order valence-electron chi connectivity index (χ4n) is 4.06. The van der Waals surface area contributed by atoms with Crippen molar-refractivity contribution in [2.45, 2.75) is 59.5 Å². The van der Waals surface area contributed by atoms with Crippen LogP contribution in [0.25, 0.3) is 0 Å². The monoisotopic (exact) mass is 567 g/mol. The molecule has 2 amide bonds. The van der Waals surface area contributed by atoms with Gasteiger partial charge in [0.2, 0.25) is 0 Å². The first-order chi connectivity index (χ1) is 15.4. The van der Waals surface area contributed by atoms with Crippen molar-refractivity contribution in [1.82, 2.24) is 25.3 Å². The van der Waals surface area contributed by atoms with Crippen LogP contribution in [0.5, 0.6) is 0 Å². The smallest absolute Gasteiger partial charge is 0.321 e. The molecule has 1 unspecified atom stereocenters. The third-order valence-electron chi connectivity index (χ3n) is 5.89. The van der Waals surface area contributed by atoms with Crippen molar-refractivity contribution in [3.05, 3.63) is 46.8 Å². The highest BCUT2D eigenvalue weighted by molar-refractivity contribution is 14.0. The third kappa shape index (κ3) is 7.62. The lowest BCUT2D eigenvalue weighted by Gasteiger charge is -2.18. The summed E-state index contributed by atoms with van der Waals surface area (Å²) in [5.41, 5.74) is 5.42. The van der Waals surface area contributed by atoms with Gasteiger partial charge in [0, 0.05) is 44.1 Å². The Morgan fingerprint density at radius 1 is 1.24 bits per heavy atom. The van der Waals surface area contributed by atoms with E-state index in [0.717, 1.165) is 61.8 Å². The molecule has 2 heterocycles. The predicted molar refractivity (Wildman–Crippen MR) is 145 cm³/mol. The summed E-state index contributed by atoms with van der Waals surface area (Å²) in [6.45, 7) is 11.4. The van der Waals surface area contributed by atoms with Crippen LogP contribution >= 0.6 is 24.0 Å². The number of likely N-dealkylation sites (tertiary alicyclic amines) is 1. The Morgan fingerprint density at radius 3 is 2.61 bits per heavy atom. The number of benzene rings is 1. The number of hydrogen-bond acceptors (Lipinski definition) is 3. The summed E-state index contributed by atoms with van der Waals surface area (Å²) in [7, 11) is 1.98. The topological polar surface area (TPSA) is 86.6 Å². The van der Waals surface area contributed by atoms with Crippen molar-refractivity contribution < 1.29 is 4.79 Å². The van der Waals surface area contributed by atoms with Crippen molar-refractivity contribution >= 4 is 41.7 Å². The van der Waals surface area contributed by atoms with Gasteiger partial charge in [0.15, 0.2) is 5.96 Å². The SMILES string of the molecule is CCNC(=NCc1cccc(NC(=O)N2CCCC2)c1)NC(C)Cc1c(C)nn(C)c1C.I. The van der Waals surface area contributed by atoms with E-state index < -0.39 is 0 Å². The molecular weight excluding hydrogens is 529 g/mol. The number of nitrogens with zero attached hydrogens (tertiary/aromatic N) is 4. The lowest BCUT2D eigenvalue weighted by atomic mass is 10.1. The molecule has 0 saturated carbocycles. The van der Waals surface area contributed by atoms with Gasteiger partial charge in [0.1, 0.15) is 0 Å². The molecule has 3 rings (SSSR count). The van der Waals surface area contributed by atoms with Gasteiger partial charge in [-0.2, -0.15) is 5.10 Å². The van der Waals surface area contributed by atoms with E-state index in [-0.39, 0.29) is 36.0 Å². The highest BCUT2D eigenvalue weighted by Gasteiger charge is 2.18. The van der Waals surface area contributed by atoms with Gasteiger partial charge in [-0.1, -0.05) is 12.1 Å². The predicted octanol–water partition coefficient (Wildman–Crippen LogP) is 3.97. The number of nitrogens with one attached hydrogen (secondary N) is 3. The number of aliphatic imine (C=N–C) groups is 1. The summed E-state index contributed by atoms with van der Waals surface area (Å²) in [5, 5.41) is 14.4. The van der Waals surface area contributed by atoms with E-state index in [1.807, 2.05) is 40.9 Å². The zero-order valence-electron chi connectivity index (χ0n) is 20.4. The lowest BCUT2D eigenvalue weighted by Crippen LogP contribution is -2.43. The molecule has 33 heavy (non-hydrogen) atoms. The molecule has 1 saturated heterocycles. The molecule has 2 aromatic rings. The number of aryl methyl sites for hydroxylation is 2. The van der Waals surface area contributed by atoms with Gasteiger partial charge in [0.05, 0.1) is 12.2 Å². The number of carbonyl (C=O) groups excluding carboxylic acids is 1. The van der Waals surface area contributed by atoms with Crippen LogP contribution in [-0.2, 0) is 20.0 Å². The van der Waals surface area contributed by atoms with Crippen LogP contribution in [0.2, 0.25) is 0 Å². The van der Waals surface area contributed by atoms with Crippen molar-refractivity contribution in [2.24, 2.45) is 12.0 Å². The first-order valence-corrected chi connectivity index (χ1v) is 11.6. The van der Waals surface area contributed by atoms with Crippen LogP contribution in [0, 0.1) is 13.8 Å². The summed E-state index contributed by atoms with van der Waals surface area (Å²) in [4.78, 5) is 19.0. The number of guanidine groups is 1. The number of aromatic nitrogens is 2. The summed E-state index contributed by atoms with van der Waals surface area (Å²) < 4.78 is 1.94. The first-order valence-electron chi connectivity index (χ1n) is 11.6. The van der Waals surface area contributed by atoms with Crippen molar-refractivity contribution in [3.8, 4) is 0 Å². The molecular formula is C24H38IN7O. The first kappa shape index (κ1) is 26.9. The number of halogens is 1. The van der Waals surface area contributed by atoms with E-state index in [4.69, 9.17) is 4.99 Å². The van der Waals surface area contributed by atoms with Crippen molar-refractivity contribution in [1.29, 1.82) is 0 Å². The fourth-order valence-corrected chi connectivity index (χ4v) is 4.06. The highest BCUT2D eigenvalue weighted by atomic mass is 127. The Hall–Kier alpha value is -2.30. The Balaban J connectivity index is 0.00000385. The van der Waals surface area contributed by atoms with E-state index in [0.29, 0.717) is 6.54 Å². The number of carbonyl (C=O) groups is 1. The summed E-state index contributed by atoms with van der Waals surface area (Å²) >= 11 is 0. The maximum Gasteiger partial charge on any atom is 0.321 e. The summed E-state index contributed by atoms with van der Waals surface area (Å²) in [6, 6.07) is 8.09.